The van der Waals surface area contributed by atoms with Gasteiger partial charge in [0.05, 0.1) is 19.8 Å². The molecule has 12 heteroatoms. The van der Waals surface area contributed by atoms with Crippen LogP contribution in [0.2, 0.25) is 0 Å². The van der Waals surface area contributed by atoms with Crippen molar-refractivity contribution in [2.75, 3.05) is 51.3 Å². The number of nitrogens with zero attached hydrogens (tertiary/aromatic N) is 3. The standard InChI is InChI=1S/C31H37N5O7/c1-35-24(16-22(17-32)30(40)34-27-29(39)28(38)26(18-37)43-31(27)41)6-7-25(35)21-3-2-20-15-23(5-4-19(20)14-21)33-8-9-36-10-12-42-13-11-36/h2-7,14-16,26-29,31,33,37-39,41H,8-13,18H2,1H3,(H,34,40)/b22-16+/t26-,27-,28-,29-,31?/m1/s1. The van der Waals surface area contributed by atoms with E-state index >= 15 is 0 Å². The molecule has 1 unspecified atom stereocenters. The summed E-state index contributed by atoms with van der Waals surface area (Å²) in [5.41, 5.74) is 3.22. The van der Waals surface area contributed by atoms with Crippen LogP contribution in [0.4, 0.5) is 5.69 Å². The van der Waals surface area contributed by atoms with Gasteiger partial charge in [-0.25, -0.2) is 0 Å². The fourth-order valence-electron chi connectivity index (χ4n) is 5.44. The molecule has 2 aliphatic rings. The van der Waals surface area contributed by atoms with E-state index in [0.29, 0.717) is 5.69 Å². The molecule has 1 aromatic heterocycles. The molecule has 2 aromatic carbocycles. The van der Waals surface area contributed by atoms with E-state index in [4.69, 9.17) is 9.47 Å². The van der Waals surface area contributed by atoms with E-state index in [-0.39, 0.29) is 5.57 Å². The van der Waals surface area contributed by atoms with Gasteiger partial charge in [-0.15, -0.1) is 0 Å². The Hall–Kier alpha value is -3.80. The van der Waals surface area contributed by atoms with E-state index in [2.05, 4.69) is 45.9 Å². The predicted octanol–water partition coefficient (Wildman–Crippen LogP) is 0.412. The maximum atomic E-state index is 12.9. The lowest BCUT2D eigenvalue weighted by Crippen LogP contribution is -2.64. The second-order valence-electron chi connectivity index (χ2n) is 10.8. The average Bonchev–Trinajstić information content (AvgIpc) is 3.39. The second-order valence-corrected chi connectivity index (χ2v) is 10.8. The highest BCUT2D eigenvalue weighted by atomic mass is 16.6. The quantitative estimate of drug-likeness (QED) is 0.151. The summed E-state index contributed by atoms with van der Waals surface area (Å²) in [6, 6.07) is 16.6. The topological polar surface area (TPSA) is 172 Å². The summed E-state index contributed by atoms with van der Waals surface area (Å²) in [6.45, 7) is 4.70. The molecule has 2 aliphatic heterocycles. The molecule has 0 spiro atoms. The highest BCUT2D eigenvalue weighted by molar-refractivity contribution is 6.02. The second kappa shape index (κ2) is 13.7. The Labute approximate surface area is 249 Å². The van der Waals surface area contributed by atoms with Crippen molar-refractivity contribution in [2.24, 2.45) is 7.05 Å². The van der Waals surface area contributed by atoms with Crippen LogP contribution in [0.1, 0.15) is 5.69 Å². The molecule has 3 heterocycles. The number of aliphatic hydroxyl groups is 4. The molecule has 3 aromatic rings. The van der Waals surface area contributed by atoms with Gasteiger partial charge in [0.1, 0.15) is 36.0 Å². The molecule has 5 rings (SSSR count). The van der Waals surface area contributed by atoms with Crippen LogP contribution in [0.15, 0.2) is 54.1 Å². The first kappa shape index (κ1) is 30.7. The number of hydrogen-bond donors (Lipinski definition) is 6. The molecule has 43 heavy (non-hydrogen) atoms. The molecule has 228 valence electrons. The van der Waals surface area contributed by atoms with Crippen LogP contribution in [0.3, 0.4) is 0 Å². The summed E-state index contributed by atoms with van der Waals surface area (Å²) in [5.74, 6) is -0.855. The van der Waals surface area contributed by atoms with Gasteiger partial charge >= 0.3 is 0 Å². The highest BCUT2D eigenvalue weighted by Crippen LogP contribution is 2.28. The first-order valence-corrected chi connectivity index (χ1v) is 14.3. The van der Waals surface area contributed by atoms with E-state index in [9.17, 15) is 30.5 Å². The molecule has 12 nitrogen and oxygen atoms in total. The van der Waals surface area contributed by atoms with Crippen LogP contribution >= 0.6 is 0 Å². The van der Waals surface area contributed by atoms with Crippen molar-refractivity contribution in [3.8, 4) is 17.3 Å². The minimum Gasteiger partial charge on any atom is -0.394 e. The number of nitriles is 1. The zero-order valence-corrected chi connectivity index (χ0v) is 23.9. The molecular formula is C31H37N5O7. The van der Waals surface area contributed by atoms with Gasteiger partial charge in [-0.05, 0) is 52.7 Å². The van der Waals surface area contributed by atoms with Crippen molar-refractivity contribution in [2.45, 2.75) is 30.6 Å². The molecule has 0 radical (unpaired) electrons. The molecular weight excluding hydrogens is 554 g/mol. The number of morpholine rings is 1. The Morgan fingerprint density at radius 3 is 2.56 bits per heavy atom. The lowest BCUT2D eigenvalue weighted by atomic mass is 9.97. The molecule has 0 saturated carbocycles. The smallest absolute Gasteiger partial charge is 0.262 e. The fraction of sp³-hybridized carbons (Fsp3) is 0.419. The number of ether oxygens (including phenoxy) is 2. The van der Waals surface area contributed by atoms with Crippen molar-refractivity contribution >= 4 is 28.4 Å². The number of hydrogen-bond acceptors (Lipinski definition) is 10. The summed E-state index contributed by atoms with van der Waals surface area (Å²) >= 11 is 0. The van der Waals surface area contributed by atoms with Gasteiger partial charge in [-0.1, -0.05) is 18.2 Å². The first-order chi connectivity index (χ1) is 20.8. The van der Waals surface area contributed by atoms with Gasteiger partial charge in [0, 0.05) is 50.3 Å². The Morgan fingerprint density at radius 1 is 1.07 bits per heavy atom. The van der Waals surface area contributed by atoms with Gasteiger partial charge in [0.15, 0.2) is 6.29 Å². The van der Waals surface area contributed by atoms with Gasteiger partial charge in [-0.3, -0.25) is 9.69 Å². The molecule has 2 saturated heterocycles. The number of nitrogens with one attached hydrogen (secondary N) is 2. The number of amides is 1. The van der Waals surface area contributed by atoms with E-state index in [1.165, 1.54) is 6.08 Å². The number of fused-ring (bicyclic) bond motifs is 1. The monoisotopic (exact) mass is 591 g/mol. The predicted molar refractivity (Wildman–Crippen MR) is 160 cm³/mol. The number of benzene rings is 2. The van der Waals surface area contributed by atoms with Crippen molar-refractivity contribution in [1.29, 1.82) is 5.26 Å². The highest BCUT2D eigenvalue weighted by Gasteiger charge is 2.44. The summed E-state index contributed by atoms with van der Waals surface area (Å²) in [6.07, 6.45) is -4.62. The third kappa shape index (κ3) is 6.90. The summed E-state index contributed by atoms with van der Waals surface area (Å²) in [4.78, 5) is 15.3. The number of aromatic nitrogens is 1. The third-order valence-corrected chi connectivity index (χ3v) is 8.01. The lowest BCUT2D eigenvalue weighted by Gasteiger charge is -2.40. The van der Waals surface area contributed by atoms with Gasteiger partial charge in [0.25, 0.3) is 5.91 Å². The van der Waals surface area contributed by atoms with Crippen LogP contribution in [0.25, 0.3) is 28.1 Å². The Bertz CT molecular complexity index is 1510. The van der Waals surface area contributed by atoms with Gasteiger partial charge in [0.2, 0.25) is 0 Å². The maximum Gasteiger partial charge on any atom is 0.262 e. The molecule has 1 amide bonds. The number of anilines is 1. The van der Waals surface area contributed by atoms with Crippen LogP contribution in [-0.4, -0.2) is 112 Å². The van der Waals surface area contributed by atoms with Crippen molar-refractivity contribution < 1.29 is 34.7 Å². The van der Waals surface area contributed by atoms with E-state index in [1.54, 1.807) is 6.07 Å². The number of rotatable bonds is 9. The molecule has 0 aliphatic carbocycles. The summed E-state index contributed by atoms with van der Waals surface area (Å²) in [5, 5.41) is 57.5. The van der Waals surface area contributed by atoms with Crippen molar-refractivity contribution in [1.82, 2.24) is 14.8 Å². The fourth-order valence-corrected chi connectivity index (χ4v) is 5.44. The Morgan fingerprint density at radius 2 is 1.81 bits per heavy atom. The van der Waals surface area contributed by atoms with Crippen molar-refractivity contribution in [3.63, 3.8) is 0 Å². The molecule has 0 bridgehead atoms. The maximum absolute atomic E-state index is 12.9. The van der Waals surface area contributed by atoms with Crippen LogP contribution in [-0.2, 0) is 21.3 Å². The zero-order chi connectivity index (χ0) is 30.5. The van der Waals surface area contributed by atoms with Gasteiger partial charge < -0.3 is 45.1 Å². The number of carbonyl (C=O) groups is 1. The summed E-state index contributed by atoms with van der Waals surface area (Å²) in [7, 11) is 1.83. The number of aliphatic hydroxyl groups excluding tert-OH is 4. The molecule has 5 atom stereocenters. The van der Waals surface area contributed by atoms with Crippen LogP contribution in [0.5, 0.6) is 0 Å². The number of carbonyl (C=O) groups excluding carboxylic acids is 1. The van der Waals surface area contributed by atoms with Crippen LogP contribution in [0, 0.1) is 11.3 Å². The van der Waals surface area contributed by atoms with E-state index < -0.39 is 43.2 Å². The minimum absolute atomic E-state index is 0.266. The zero-order valence-electron chi connectivity index (χ0n) is 23.9. The SMILES string of the molecule is Cn1c(/C=C(\C#N)C(=O)N[C@H]2C(O)O[C@H](CO)[C@@H](O)[C@@H]2O)ccc1-c1ccc2cc(NCCN3CCOCC3)ccc2c1. The van der Waals surface area contributed by atoms with Crippen molar-refractivity contribution in [3.05, 3.63) is 59.8 Å². The molecule has 2 fully saturated rings. The Kier molecular flexibility index (Phi) is 9.74. The summed E-state index contributed by atoms with van der Waals surface area (Å²) < 4.78 is 12.3. The minimum atomic E-state index is -1.68. The Balaban J connectivity index is 1.26. The third-order valence-electron chi connectivity index (χ3n) is 8.01. The normalized spacial score (nSPS) is 24.9. The van der Waals surface area contributed by atoms with Gasteiger partial charge in [-0.2, -0.15) is 5.26 Å². The van der Waals surface area contributed by atoms with E-state index in [0.717, 1.165) is 67.1 Å². The molecule has 6 N–H and O–H groups in total. The van der Waals surface area contributed by atoms with Crippen LogP contribution < -0.4 is 10.6 Å². The van der Waals surface area contributed by atoms with E-state index in [1.807, 2.05) is 29.8 Å². The average molecular weight is 592 g/mol. The lowest BCUT2D eigenvalue weighted by molar-refractivity contribution is -0.253. The first-order valence-electron chi connectivity index (χ1n) is 14.3. The largest absolute Gasteiger partial charge is 0.394 e.